The van der Waals surface area contributed by atoms with Crippen molar-refractivity contribution in [2.24, 2.45) is 11.3 Å². The molecule has 9 heavy (non-hydrogen) atoms. The van der Waals surface area contributed by atoms with Crippen LogP contribution in [0.25, 0.3) is 0 Å². The van der Waals surface area contributed by atoms with Gasteiger partial charge in [-0.3, -0.25) is 0 Å². The lowest BCUT2D eigenvalue weighted by atomic mass is 9.84. The molecule has 0 aromatic heterocycles. The predicted octanol–water partition coefficient (Wildman–Crippen LogP) is 1.56. The van der Waals surface area contributed by atoms with Crippen molar-refractivity contribution < 1.29 is 5.11 Å². The van der Waals surface area contributed by atoms with Gasteiger partial charge < -0.3 is 5.11 Å². The summed E-state index contributed by atoms with van der Waals surface area (Å²) in [5.74, 6) is 0.866. The van der Waals surface area contributed by atoms with Crippen molar-refractivity contribution in [2.75, 3.05) is 0 Å². The third kappa shape index (κ3) is 0.644. The van der Waals surface area contributed by atoms with Crippen LogP contribution in [0.15, 0.2) is 0 Å². The van der Waals surface area contributed by atoms with Gasteiger partial charge in [-0.25, -0.2) is 0 Å². The summed E-state index contributed by atoms with van der Waals surface area (Å²) in [6.45, 7) is 2.23. The Kier molecular flexibility index (Phi) is 0.963. The molecule has 0 aliphatic heterocycles. The minimum Gasteiger partial charge on any atom is -0.393 e. The van der Waals surface area contributed by atoms with Crippen molar-refractivity contribution in [3.05, 3.63) is 0 Å². The van der Waals surface area contributed by atoms with E-state index in [9.17, 15) is 5.11 Å². The highest BCUT2D eigenvalue weighted by atomic mass is 16.3. The van der Waals surface area contributed by atoms with Crippen molar-refractivity contribution in [3.63, 3.8) is 0 Å². The monoisotopic (exact) mass is 126 g/mol. The van der Waals surface area contributed by atoms with E-state index in [1.165, 1.54) is 19.3 Å². The fraction of sp³-hybridized carbons (Fsp3) is 1.00. The first-order valence-electron chi connectivity index (χ1n) is 3.89. The van der Waals surface area contributed by atoms with Crippen LogP contribution in [0.5, 0.6) is 0 Å². The second-order valence-corrected chi connectivity index (χ2v) is 4.01. The quantitative estimate of drug-likeness (QED) is 0.522. The third-order valence-corrected chi connectivity index (χ3v) is 3.24. The number of hydrogen-bond donors (Lipinski definition) is 1. The van der Waals surface area contributed by atoms with Crippen molar-refractivity contribution in [3.8, 4) is 0 Å². The van der Waals surface area contributed by atoms with Crippen molar-refractivity contribution in [1.29, 1.82) is 0 Å². The third-order valence-electron chi connectivity index (χ3n) is 3.24. The van der Waals surface area contributed by atoms with Crippen LogP contribution in [-0.2, 0) is 0 Å². The van der Waals surface area contributed by atoms with Gasteiger partial charge in [-0.2, -0.15) is 0 Å². The summed E-state index contributed by atoms with van der Waals surface area (Å²) in [5.41, 5.74) is 0.324. The van der Waals surface area contributed by atoms with E-state index in [1.54, 1.807) is 0 Å². The Morgan fingerprint density at radius 2 is 2.33 bits per heavy atom. The normalized spacial score (nSPS) is 56.7. The summed E-state index contributed by atoms with van der Waals surface area (Å²) in [6.07, 6.45) is 5.02. The van der Waals surface area contributed by atoms with E-state index in [1.807, 2.05) is 0 Å². The van der Waals surface area contributed by atoms with Gasteiger partial charge in [0.05, 0.1) is 6.10 Å². The maximum Gasteiger partial charge on any atom is 0.0596 e. The van der Waals surface area contributed by atoms with Crippen LogP contribution in [0.3, 0.4) is 0 Å². The molecule has 3 unspecified atom stereocenters. The second-order valence-electron chi connectivity index (χ2n) is 4.01. The summed E-state index contributed by atoms with van der Waals surface area (Å²) in [5, 5.41) is 9.48. The minimum atomic E-state index is 0.0243. The van der Waals surface area contributed by atoms with E-state index in [0.717, 1.165) is 12.3 Å². The van der Waals surface area contributed by atoms with Crippen LogP contribution in [0.4, 0.5) is 0 Å². The second kappa shape index (κ2) is 1.51. The average molecular weight is 126 g/mol. The summed E-state index contributed by atoms with van der Waals surface area (Å²) < 4.78 is 0. The van der Waals surface area contributed by atoms with E-state index in [-0.39, 0.29) is 6.10 Å². The van der Waals surface area contributed by atoms with Crippen LogP contribution in [0.1, 0.15) is 32.6 Å². The molecule has 3 atom stereocenters. The molecular weight excluding hydrogens is 112 g/mol. The first-order chi connectivity index (χ1) is 4.21. The molecule has 2 fully saturated rings. The van der Waals surface area contributed by atoms with Crippen molar-refractivity contribution >= 4 is 0 Å². The lowest BCUT2D eigenvalue weighted by Gasteiger charge is -2.26. The largest absolute Gasteiger partial charge is 0.393 e. The molecule has 2 bridgehead atoms. The molecule has 0 spiro atoms. The number of rotatable bonds is 0. The van der Waals surface area contributed by atoms with Gasteiger partial charge in [0.1, 0.15) is 0 Å². The number of aliphatic hydroxyl groups excluding tert-OH is 1. The maximum absolute atomic E-state index is 9.48. The highest BCUT2D eigenvalue weighted by molar-refractivity contribution is 4.98. The van der Waals surface area contributed by atoms with Crippen molar-refractivity contribution in [2.45, 2.75) is 38.7 Å². The van der Waals surface area contributed by atoms with Gasteiger partial charge in [0.2, 0.25) is 0 Å². The van der Waals surface area contributed by atoms with Crippen LogP contribution < -0.4 is 0 Å². The summed E-state index contributed by atoms with van der Waals surface area (Å²) in [6, 6.07) is 0. The fourth-order valence-electron chi connectivity index (χ4n) is 2.50. The Bertz CT molecular complexity index is 133. The first kappa shape index (κ1) is 5.72. The van der Waals surface area contributed by atoms with Crippen LogP contribution in [0.2, 0.25) is 0 Å². The van der Waals surface area contributed by atoms with E-state index in [4.69, 9.17) is 0 Å². The lowest BCUT2D eigenvalue weighted by molar-refractivity contribution is 0.0532. The van der Waals surface area contributed by atoms with Gasteiger partial charge in [0.15, 0.2) is 0 Å². The molecule has 52 valence electrons. The predicted molar refractivity (Wildman–Crippen MR) is 36.1 cm³/mol. The molecule has 1 nitrogen and oxygen atoms in total. The number of hydrogen-bond acceptors (Lipinski definition) is 1. The topological polar surface area (TPSA) is 20.2 Å². The van der Waals surface area contributed by atoms with Gasteiger partial charge in [-0.1, -0.05) is 6.92 Å². The maximum atomic E-state index is 9.48. The molecule has 0 heterocycles. The van der Waals surface area contributed by atoms with Gasteiger partial charge in [-0.15, -0.1) is 0 Å². The van der Waals surface area contributed by atoms with Crippen LogP contribution >= 0.6 is 0 Å². The average Bonchev–Trinajstić information content (AvgIpc) is 2.22. The van der Waals surface area contributed by atoms with E-state index in [0.29, 0.717) is 5.41 Å². The smallest absolute Gasteiger partial charge is 0.0596 e. The first-order valence-corrected chi connectivity index (χ1v) is 3.89. The molecule has 0 aromatic rings. The standard InChI is InChI=1S/C8H14O/c1-8-3-2-6(5-8)4-7(8)9/h6-7,9H,2-5H2,1H3. The van der Waals surface area contributed by atoms with Crippen molar-refractivity contribution in [1.82, 2.24) is 0 Å². The Morgan fingerprint density at radius 3 is 2.56 bits per heavy atom. The molecule has 2 aliphatic carbocycles. The SMILES string of the molecule is CC12CCC(CC1O)C2. The zero-order valence-electron chi connectivity index (χ0n) is 5.93. The zero-order chi connectivity index (χ0) is 6.48. The van der Waals surface area contributed by atoms with E-state index in [2.05, 4.69) is 6.92 Å². The Balaban J connectivity index is 2.22. The lowest BCUT2D eigenvalue weighted by Crippen LogP contribution is -2.26. The van der Waals surface area contributed by atoms with Gasteiger partial charge in [0.25, 0.3) is 0 Å². The zero-order valence-corrected chi connectivity index (χ0v) is 5.93. The number of fused-ring (bicyclic) bond motifs is 2. The van der Waals surface area contributed by atoms with Gasteiger partial charge in [-0.05, 0) is 37.0 Å². The minimum absolute atomic E-state index is 0.0243. The highest BCUT2D eigenvalue weighted by Gasteiger charge is 2.47. The summed E-state index contributed by atoms with van der Waals surface area (Å²) in [4.78, 5) is 0. The van der Waals surface area contributed by atoms with E-state index < -0.39 is 0 Å². The molecule has 0 amide bonds. The molecule has 1 heteroatoms. The van der Waals surface area contributed by atoms with E-state index >= 15 is 0 Å². The van der Waals surface area contributed by atoms with Gasteiger partial charge >= 0.3 is 0 Å². The fourth-order valence-corrected chi connectivity index (χ4v) is 2.50. The molecule has 0 radical (unpaired) electrons. The highest BCUT2D eigenvalue weighted by Crippen LogP contribution is 2.53. The summed E-state index contributed by atoms with van der Waals surface area (Å²) >= 11 is 0. The molecule has 2 rings (SSSR count). The van der Waals surface area contributed by atoms with Crippen LogP contribution in [-0.4, -0.2) is 11.2 Å². The molecule has 2 aliphatic rings. The molecule has 1 N–H and O–H groups in total. The Morgan fingerprint density at radius 1 is 1.56 bits per heavy atom. The Labute approximate surface area is 56.1 Å². The molecular formula is C8H14O. The molecule has 0 saturated heterocycles. The molecule has 2 saturated carbocycles. The Hall–Kier alpha value is -0.0400. The van der Waals surface area contributed by atoms with Crippen LogP contribution in [0, 0.1) is 11.3 Å². The summed E-state index contributed by atoms with van der Waals surface area (Å²) in [7, 11) is 0. The number of aliphatic hydroxyl groups is 1. The molecule has 0 aromatic carbocycles. The van der Waals surface area contributed by atoms with Gasteiger partial charge in [0, 0.05) is 0 Å².